The Morgan fingerprint density at radius 3 is 2.76 bits per heavy atom. The fourth-order valence-corrected chi connectivity index (χ4v) is 1.88. The molecule has 1 aromatic heterocycles. The molecule has 0 saturated heterocycles. The first-order valence-electron chi connectivity index (χ1n) is 6.10. The SMILES string of the molecule is CCCCN(CCCl)c1nccn(CC)c1=O. The number of hydrogen-bond donors (Lipinski definition) is 0. The van der Waals surface area contributed by atoms with Gasteiger partial charge in [-0.3, -0.25) is 4.79 Å². The van der Waals surface area contributed by atoms with Crippen LogP contribution in [0, 0.1) is 0 Å². The summed E-state index contributed by atoms with van der Waals surface area (Å²) >= 11 is 5.77. The maximum atomic E-state index is 12.1. The van der Waals surface area contributed by atoms with Crippen molar-refractivity contribution < 1.29 is 0 Å². The Morgan fingerprint density at radius 2 is 2.18 bits per heavy atom. The Labute approximate surface area is 107 Å². The van der Waals surface area contributed by atoms with E-state index < -0.39 is 0 Å². The number of anilines is 1. The first-order chi connectivity index (χ1) is 8.24. The molecule has 0 radical (unpaired) electrons. The molecule has 0 unspecified atom stereocenters. The zero-order chi connectivity index (χ0) is 12.7. The van der Waals surface area contributed by atoms with Crippen LogP contribution >= 0.6 is 11.6 Å². The molecule has 0 aliphatic rings. The van der Waals surface area contributed by atoms with E-state index in [4.69, 9.17) is 11.6 Å². The minimum atomic E-state index is -0.0313. The zero-order valence-corrected chi connectivity index (χ0v) is 11.3. The summed E-state index contributed by atoms with van der Waals surface area (Å²) in [4.78, 5) is 18.3. The summed E-state index contributed by atoms with van der Waals surface area (Å²) in [6.07, 6.45) is 5.52. The van der Waals surface area contributed by atoms with Crippen molar-refractivity contribution in [2.75, 3.05) is 23.9 Å². The van der Waals surface area contributed by atoms with Crippen LogP contribution in [0.4, 0.5) is 5.82 Å². The van der Waals surface area contributed by atoms with Crippen LogP contribution in [0.1, 0.15) is 26.7 Å². The van der Waals surface area contributed by atoms with Gasteiger partial charge in [0.05, 0.1) is 0 Å². The smallest absolute Gasteiger partial charge is 0.293 e. The van der Waals surface area contributed by atoms with Gasteiger partial charge in [-0.1, -0.05) is 13.3 Å². The summed E-state index contributed by atoms with van der Waals surface area (Å²) < 4.78 is 1.66. The number of nitrogens with zero attached hydrogens (tertiary/aromatic N) is 3. The molecule has 96 valence electrons. The largest absolute Gasteiger partial charge is 0.351 e. The van der Waals surface area contributed by atoms with Crippen LogP contribution in [0.5, 0.6) is 0 Å². The molecule has 0 amide bonds. The first-order valence-corrected chi connectivity index (χ1v) is 6.64. The Balaban J connectivity index is 2.96. The predicted molar refractivity (Wildman–Crippen MR) is 72.0 cm³/mol. The van der Waals surface area contributed by atoms with Gasteiger partial charge in [-0.2, -0.15) is 0 Å². The van der Waals surface area contributed by atoms with Crippen molar-refractivity contribution in [1.82, 2.24) is 9.55 Å². The highest BCUT2D eigenvalue weighted by molar-refractivity contribution is 6.18. The second-order valence-corrected chi connectivity index (χ2v) is 4.25. The van der Waals surface area contributed by atoms with Gasteiger partial charge in [0.2, 0.25) is 0 Å². The second-order valence-electron chi connectivity index (χ2n) is 3.87. The predicted octanol–water partition coefficient (Wildman–Crippen LogP) is 2.11. The lowest BCUT2D eigenvalue weighted by atomic mass is 10.3. The molecule has 4 nitrogen and oxygen atoms in total. The van der Waals surface area contributed by atoms with Crippen molar-refractivity contribution in [2.24, 2.45) is 0 Å². The average Bonchev–Trinajstić information content (AvgIpc) is 2.35. The summed E-state index contributed by atoms with van der Waals surface area (Å²) in [7, 11) is 0. The van der Waals surface area contributed by atoms with Gasteiger partial charge in [-0.25, -0.2) is 4.98 Å². The molecule has 0 bridgehead atoms. The normalized spacial score (nSPS) is 10.5. The topological polar surface area (TPSA) is 38.1 Å². The molecule has 5 heteroatoms. The maximum Gasteiger partial charge on any atom is 0.293 e. The molecule has 0 N–H and O–H groups in total. The number of unbranched alkanes of at least 4 members (excludes halogenated alkanes) is 1. The van der Waals surface area contributed by atoms with E-state index in [1.165, 1.54) is 0 Å². The molecule has 0 aromatic carbocycles. The van der Waals surface area contributed by atoms with Crippen LogP contribution in [0.15, 0.2) is 17.2 Å². The Hall–Kier alpha value is -1.03. The number of aryl methyl sites for hydroxylation is 1. The zero-order valence-electron chi connectivity index (χ0n) is 10.5. The van der Waals surface area contributed by atoms with Gasteiger partial charge >= 0.3 is 0 Å². The lowest BCUT2D eigenvalue weighted by molar-refractivity contribution is 0.683. The van der Waals surface area contributed by atoms with Gasteiger partial charge in [-0.05, 0) is 13.3 Å². The summed E-state index contributed by atoms with van der Waals surface area (Å²) in [5, 5.41) is 0. The van der Waals surface area contributed by atoms with Crippen LogP contribution in [0.25, 0.3) is 0 Å². The third-order valence-electron chi connectivity index (χ3n) is 2.67. The van der Waals surface area contributed by atoms with Crippen LogP contribution in [0.2, 0.25) is 0 Å². The first kappa shape index (κ1) is 14.0. The molecule has 0 fully saturated rings. The van der Waals surface area contributed by atoms with E-state index in [1.54, 1.807) is 17.0 Å². The van der Waals surface area contributed by atoms with Crippen molar-refractivity contribution in [3.8, 4) is 0 Å². The number of hydrogen-bond acceptors (Lipinski definition) is 3. The lowest BCUT2D eigenvalue weighted by Crippen LogP contribution is -2.35. The van der Waals surface area contributed by atoms with Crippen molar-refractivity contribution >= 4 is 17.4 Å². The minimum absolute atomic E-state index is 0.0313. The molecule has 1 aromatic rings. The van der Waals surface area contributed by atoms with E-state index in [0.717, 1.165) is 19.4 Å². The highest BCUT2D eigenvalue weighted by Gasteiger charge is 2.12. The van der Waals surface area contributed by atoms with Gasteiger partial charge in [0, 0.05) is 37.9 Å². The molecule has 1 rings (SSSR count). The monoisotopic (exact) mass is 257 g/mol. The van der Waals surface area contributed by atoms with Gasteiger partial charge in [0.1, 0.15) is 0 Å². The van der Waals surface area contributed by atoms with E-state index in [1.807, 2.05) is 11.8 Å². The number of alkyl halides is 1. The van der Waals surface area contributed by atoms with Crippen LogP contribution in [0.3, 0.4) is 0 Å². The third kappa shape index (κ3) is 3.73. The molecule has 17 heavy (non-hydrogen) atoms. The Morgan fingerprint density at radius 1 is 1.41 bits per heavy atom. The average molecular weight is 258 g/mol. The minimum Gasteiger partial charge on any atom is -0.351 e. The summed E-state index contributed by atoms with van der Waals surface area (Å²) in [6, 6.07) is 0. The van der Waals surface area contributed by atoms with Gasteiger partial charge in [0.25, 0.3) is 5.56 Å². The standard InChI is InChI=1S/C12H20ClN3O/c1-3-5-8-16(9-6-13)11-12(17)15(4-2)10-7-14-11/h7,10H,3-6,8-9H2,1-2H3. The molecule has 0 aliphatic heterocycles. The van der Waals surface area contributed by atoms with Crippen molar-refractivity contribution in [1.29, 1.82) is 0 Å². The highest BCUT2D eigenvalue weighted by atomic mass is 35.5. The fourth-order valence-electron chi connectivity index (χ4n) is 1.68. The Kier molecular flexibility index (Phi) is 6.05. The molecule has 1 heterocycles. The molecule has 0 atom stereocenters. The molecular weight excluding hydrogens is 238 g/mol. The summed E-state index contributed by atoms with van der Waals surface area (Å²) in [5.41, 5.74) is -0.0313. The van der Waals surface area contributed by atoms with Gasteiger partial charge in [-0.15, -0.1) is 11.6 Å². The molecule has 0 spiro atoms. The molecule has 0 aliphatic carbocycles. The maximum absolute atomic E-state index is 12.1. The van der Waals surface area contributed by atoms with E-state index >= 15 is 0 Å². The van der Waals surface area contributed by atoms with Crippen molar-refractivity contribution in [3.05, 3.63) is 22.7 Å². The quantitative estimate of drug-likeness (QED) is 0.703. The Bertz CT molecular complexity index is 392. The second kappa shape index (κ2) is 7.33. The van der Waals surface area contributed by atoms with Crippen LogP contribution in [-0.4, -0.2) is 28.5 Å². The van der Waals surface area contributed by atoms with Crippen molar-refractivity contribution in [3.63, 3.8) is 0 Å². The van der Waals surface area contributed by atoms with Crippen LogP contribution in [-0.2, 0) is 6.54 Å². The summed E-state index contributed by atoms with van der Waals surface area (Å²) in [5.74, 6) is 1.02. The van der Waals surface area contributed by atoms with Crippen LogP contribution < -0.4 is 10.5 Å². The van der Waals surface area contributed by atoms with E-state index in [-0.39, 0.29) is 5.56 Å². The summed E-state index contributed by atoms with van der Waals surface area (Å²) in [6.45, 7) is 6.23. The van der Waals surface area contributed by atoms with Gasteiger partial charge < -0.3 is 9.47 Å². The van der Waals surface area contributed by atoms with E-state index in [2.05, 4.69) is 11.9 Å². The third-order valence-corrected chi connectivity index (χ3v) is 2.84. The molecular formula is C12H20ClN3O. The van der Waals surface area contributed by atoms with E-state index in [9.17, 15) is 4.79 Å². The lowest BCUT2D eigenvalue weighted by Gasteiger charge is -2.22. The van der Waals surface area contributed by atoms with E-state index in [0.29, 0.717) is 24.8 Å². The molecule has 0 saturated carbocycles. The highest BCUT2D eigenvalue weighted by Crippen LogP contribution is 2.06. The fraction of sp³-hybridized carbons (Fsp3) is 0.667. The number of aromatic nitrogens is 2. The number of halogens is 1. The van der Waals surface area contributed by atoms with Gasteiger partial charge in [0.15, 0.2) is 5.82 Å². The van der Waals surface area contributed by atoms with Crippen molar-refractivity contribution in [2.45, 2.75) is 33.2 Å². The number of rotatable bonds is 7.